The zero-order valence-electron chi connectivity index (χ0n) is 10.2. The molecule has 1 saturated carbocycles. The van der Waals surface area contributed by atoms with E-state index in [1.807, 2.05) is 11.5 Å². The van der Waals surface area contributed by atoms with Crippen LogP contribution in [0.2, 0.25) is 0 Å². The molecular formula is C14H19NOS. The normalized spacial score (nSPS) is 17.5. The predicted octanol–water partition coefficient (Wildman–Crippen LogP) is 3.52. The summed E-state index contributed by atoms with van der Waals surface area (Å²) < 4.78 is 0. The number of amides is 1. The summed E-state index contributed by atoms with van der Waals surface area (Å²) in [6, 6.07) is 2.47. The molecule has 1 heterocycles. The van der Waals surface area contributed by atoms with Crippen molar-refractivity contribution in [2.45, 2.75) is 45.1 Å². The van der Waals surface area contributed by atoms with Crippen molar-refractivity contribution in [1.82, 2.24) is 5.32 Å². The number of hydrogen-bond donors (Lipinski definition) is 1. The molecule has 1 N–H and O–H groups in total. The summed E-state index contributed by atoms with van der Waals surface area (Å²) in [5, 5.41) is 5.13. The monoisotopic (exact) mass is 249 g/mol. The molecule has 3 heteroatoms. The van der Waals surface area contributed by atoms with Gasteiger partial charge in [0.1, 0.15) is 0 Å². The molecule has 2 rings (SSSR count). The average molecular weight is 249 g/mol. The highest BCUT2D eigenvalue weighted by Gasteiger charge is 2.14. The van der Waals surface area contributed by atoms with E-state index in [2.05, 4.69) is 18.3 Å². The smallest absolute Gasteiger partial charge is 0.244 e. The fourth-order valence-electron chi connectivity index (χ4n) is 2.20. The maximum absolute atomic E-state index is 11.7. The highest BCUT2D eigenvalue weighted by molar-refractivity contribution is 7.11. The second-order valence-electron chi connectivity index (χ2n) is 4.64. The molecule has 0 radical (unpaired) electrons. The summed E-state index contributed by atoms with van der Waals surface area (Å²) >= 11 is 1.67. The lowest BCUT2D eigenvalue weighted by atomic mass is 9.95. The van der Waals surface area contributed by atoms with Crippen molar-refractivity contribution in [2.75, 3.05) is 0 Å². The second-order valence-corrected chi connectivity index (χ2v) is 5.59. The van der Waals surface area contributed by atoms with Crippen molar-refractivity contribution in [3.63, 3.8) is 0 Å². The van der Waals surface area contributed by atoms with E-state index in [1.54, 1.807) is 17.4 Å². The van der Waals surface area contributed by atoms with Crippen molar-refractivity contribution < 1.29 is 4.79 Å². The number of carbonyl (C=O) groups is 1. The van der Waals surface area contributed by atoms with Gasteiger partial charge in [0, 0.05) is 17.0 Å². The molecule has 0 bridgehead atoms. The number of hydrogen-bond acceptors (Lipinski definition) is 2. The summed E-state index contributed by atoms with van der Waals surface area (Å²) in [6.07, 6.45) is 9.66. The molecule has 92 valence electrons. The Kier molecular flexibility index (Phi) is 4.37. The van der Waals surface area contributed by atoms with Crippen molar-refractivity contribution in [3.8, 4) is 0 Å². The van der Waals surface area contributed by atoms with Crippen molar-refractivity contribution in [3.05, 3.63) is 28.0 Å². The third kappa shape index (κ3) is 3.70. The largest absolute Gasteiger partial charge is 0.350 e. The zero-order valence-corrected chi connectivity index (χ0v) is 11.1. The van der Waals surface area contributed by atoms with Crippen molar-refractivity contribution in [1.29, 1.82) is 0 Å². The van der Waals surface area contributed by atoms with E-state index in [-0.39, 0.29) is 5.91 Å². The molecule has 1 aliphatic rings. The Labute approximate surface area is 107 Å². The van der Waals surface area contributed by atoms with Crippen molar-refractivity contribution >= 4 is 23.3 Å². The SMILES string of the molecule is Cc1ccsc1C=CC(=O)NC1CCCCC1. The van der Waals surface area contributed by atoms with Gasteiger partial charge in [-0.05, 0) is 42.9 Å². The Bertz CT molecular complexity index is 402. The molecule has 0 saturated heterocycles. The molecule has 0 unspecified atom stereocenters. The number of thiophene rings is 1. The Balaban J connectivity index is 1.84. The molecule has 2 nitrogen and oxygen atoms in total. The third-order valence-corrected chi connectivity index (χ3v) is 4.22. The lowest BCUT2D eigenvalue weighted by Crippen LogP contribution is -2.34. The predicted molar refractivity (Wildman–Crippen MR) is 73.1 cm³/mol. The fourth-order valence-corrected chi connectivity index (χ4v) is 3.02. The van der Waals surface area contributed by atoms with E-state index in [0.29, 0.717) is 6.04 Å². The summed E-state index contributed by atoms with van der Waals surface area (Å²) in [4.78, 5) is 12.9. The Hall–Kier alpha value is -1.09. The van der Waals surface area contributed by atoms with Gasteiger partial charge in [-0.25, -0.2) is 0 Å². The van der Waals surface area contributed by atoms with E-state index in [0.717, 1.165) is 12.8 Å². The summed E-state index contributed by atoms with van der Waals surface area (Å²) in [7, 11) is 0. The highest BCUT2D eigenvalue weighted by Crippen LogP contribution is 2.18. The van der Waals surface area contributed by atoms with Gasteiger partial charge in [-0.15, -0.1) is 11.3 Å². The molecular weight excluding hydrogens is 230 g/mol. The number of carbonyl (C=O) groups excluding carboxylic acids is 1. The second kappa shape index (κ2) is 6.01. The van der Waals surface area contributed by atoms with Crippen molar-refractivity contribution in [2.24, 2.45) is 0 Å². The quantitative estimate of drug-likeness (QED) is 0.816. The van der Waals surface area contributed by atoms with Gasteiger partial charge in [0.2, 0.25) is 5.91 Å². The van der Waals surface area contributed by atoms with E-state index in [1.165, 1.54) is 29.7 Å². The van der Waals surface area contributed by atoms with Crippen LogP contribution in [-0.2, 0) is 4.79 Å². The van der Waals surface area contributed by atoms with Crippen LogP contribution in [0.3, 0.4) is 0 Å². The Morgan fingerprint density at radius 3 is 2.82 bits per heavy atom. The molecule has 0 atom stereocenters. The number of rotatable bonds is 3. The minimum atomic E-state index is 0.0460. The molecule has 1 amide bonds. The maximum Gasteiger partial charge on any atom is 0.244 e. The van der Waals surface area contributed by atoms with Gasteiger partial charge >= 0.3 is 0 Å². The first-order valence-corrected chi connectivity index (χ1v) is 7.16. The number of aryl methyl sites for hydroxylation is 1. The first kappa shape index (κ1) is 12.4. The molecule has 1 aromatic heterocycles. The van der Waals surface area contributed by atoms with Crippen LogP contribution in [0.5, 0.6) is 0 Å². The lowest BCUT2D eigenvalue weighted by molar-refractivity contribution is -0.117. The summed E-state index contributed by atoms with van der Waals surface area (Å²) in [6.45, 7) is 2.06. The van der Waals surface area contributed by atoms with E-state index >= 15 is 0 Å². The maximum atomic E-state index is 11.7. The van der Waals surface area contributed by atoms with Gasteiger partial charge in [-0.3, -0.25) is 4.79 Å². The van der Waals surface area contributed by atoms with Crippen LogP contribution >= 0.6 is 11.3 Å². The molecule has 1 aliphatic carbocycles. The van der Waals surface area contributed by atoms with Crippen LogP contribution in [0.1, 0.15) is 42.5 Å². The Morgan fingerprint density at radius 2 is 2.18 bits per heavy atom. The van der Waals surface area contributed by atoms with E-state index < -0.39 is 0 Å². The van der Waals surface area contributed by atoms with Crippen LogP contribution in [-0.4, -0.2) is 11.9 Å². The molecule has 17 heavy (non-hydrogen) atoms. The topological polar surface area (TPSA) is 29.1 Å². The van der Waals surface area contributed by atoms with E-state index in [9.17, 15) is 4.79 Å². The van der Waals surface area contributed by atoms with Crippen LogP contribution in [0.15, 0.2) is 17.5 Å². The molecule has 0 aliphatic heterocycles. The molecule has 1 fully saturated rings. The Morgan fingerprint density at radius 1 is 1.41 bits per heavy atom. The standard InChI is InChI=1S/C14H19NOS/c1-11-9-10-17-13(11)7-8-14(16)15-12-5-3-2-4-6-12/h7-10,12H,2-6H2,1H3,(H,15,16). The fraction of sp³-hybridized carbons (Fsp3) is 0.500. The van der Waals surface area contributed by atoms with Crippen LogP contribution in [0.25, 0.3) is 6.08 Å². The first-order chi connectivity index (χ1) is 8.25. The number of nitrogens with one attached hydrogen (secondary N) is 1. The van der Waals surface area contributed by atoms with Gasteiger partial charge in [0.05, 0.1) is 0 Å². The zero-order chi connectivity index (χ0) is 12.1. The third-order valence-electron chi connectivity index (χ3n) is 3.24. The summed E-state index contributed by atoms with van der Waals surface area (Å²) in [5.41, 5.74) is 1.23. The minimum absolute atomic E-state index is 0.0460. The van der Waals surface area contributed by atoms with Gasteiger partial charge in [0.15, 0.2) is 0 Å². The van der Waals surface area contributed by atoms with E-state index in [4.69, 9.17) is 0 Å². The highest BCUT2D eigenvalue weighted by atomic mass is 32.1. The van der Waals surface area contributed by atoms with Crippen LogP contribution in [0, 0.1) is 6.92 Å². The molecule has 1 aromatic rings. The molecule has 0 aromatic carbocycles. The van der Waals surface area contributed by atoms with Gasteiger partial charge < -0.3 is 5.32 Å². The first-order valence-electron chi connectivity index (χ1n) is 6.28. The molecule has 0 spiro atoms. The van der Waals surface area contributed by atoms with Gasteiger partial charge in [-0.2, -0.15) is 0 Å². The van der Waals surface area contributed by atoms with Crippen LogP contribution in [0.4, 0.5) is 0 Å². The summed E-state index contributed by atoms with van der Waals surface area (Å²) in [5.74, 6) is 0.0460. The average Bonchev–Trinajstić information content (AvgIpc) is 2.74. The van der Waals surface area contributed by atoms with Gasteiger partial charge in [0.25, 0.3) is 0 Å². The lowest BCUT2D eigenvalue weighted by Gasteiger charge is -2.21. The van der Waals surface area contributed by atoms with Crippen LogP contribution < -0.4 is 5.32 Å². The van der Waals surface area contributed by atoms with Gasteiger partial charge in [-0.1, -0.05) is 19.3 Å². The minimum Gasteiger partial charge on any atom is -0.350 e.